The minimum Gasteiger partial charge on any atom is -0.444 e. The lowest BCUT2D eigenvalue weighted by Gasteiger charge is -2.30. The van der Waals surface area contributed by atoms with Crippen molar-refractivity contribution in [3.63, 3.8) is 0 Å². The smallest absolute Gasteiger partial charge is 0.410 e. The summed E-state index contributed by atoms with van der Waals surface area (Å²) in [5.74, 6) is 1.65. The number of hydrogen-bond acceptors (Lipinski definition) is 4. The highest BCUT2D eigenvalue weighted by molar-refractivity contribution is 7.99. The lowest BCUT2D eigenvalue weighted by Crippen LogP contribution is -2.44. The number of nitrogens with one attached hydrogen (secondary N) is 1. The van der Waals surface area contributed by atoms with Crippen LogP contribution in [0, 0.1) is 0 Å². The van der Waals surface area contributed by atoms with Crippen molar-refractivity contribution in [3.05, 3.63) is 35.9 Å². The first-order chi connectivity index (χ1) is 11.3. The number of likely N-dealkylation sites (N-methyl/N-ethyl adjacent to an activating group) is 1. The summed E-state index contributed by atoms with van der Waals surface area (Å²) >= 11 is 1.76. The van der Waals surface area contributed by atoms with Crippen molar-refractivity contribution in [2.75, 3.05) is 25.1 Å². The number of nitrogens with zero attached hydrogens (tertiary/aromatic N) is 1. The molecule has 1 unspecified atom stereocenters. The molecule has 0 heterocycles. The van der Waals surface area contributed by atoms with Gasteiger partial charge in [-0.25, -0.2) is 4.79 Å². The van der Waals surface area contributed by atoms with Gasteiger partial charge in [0.2, 0.25) is 5.91 Å². The fraction of sp³-hybridized carbons (Fsp3) is 0.556. The van der Waals surface area contributed by atoms with Crippen LogP contribution in [0.4, 0.5) is 4.79 Å². The van der Waals surface area contributed by atoms with Crippen molar-refractivity contribution in [1.82, 2.24) is 10.2 Å². The van der Waals surface area contributed by atoms with Gasteiger partial charge in [-0.3, -0.25) is 9.69 Å². The molecule has 6 heteroatoms. The molecule has 0 saturated carbocycles. The van der Waals surface area contributed by atoms with E-state index in [-0.39, 0.29) is 5.91 Å². The van der Waals surface area contributed by atoms with Crippen molar-refractivity contribution in [2.24, 2.45) is 0 Å². The summed E-state index contributed by atoms with van der Waals surface area (Å²) in [6.07, 6.45) is -0.519. The van der Waals surface area contributed by atoms with Crippen LogP contribution in [0.25, 0.3) is 0 Å². The number of carbonyl (C=O) groups excluding carboxylic acids is 2. The molecule has 0 spiro atoms. The summed E-state index contributed by atoms with van der Waals surface area (Å²) in [7, 11) is 1.59. The summed E-state index contributed by atoms with van der Waals surface area (Å²) in [5.41, 5.74) is 0.146. The van der Waals surface area contributed by atoms with Crippen LogP contribution in [0.5, 0.6) is 0 Å². The van der Waals surface area contributed by atoms with Crippen molar-refractivity contribution in [3.8, 4) is 0 Å². The van der Waals surface area contributed by atoms with Crippen LogP contribution in [0.1, 0.15) is 39.3 Å². The minimum absolute atomic E-state index is 0.203. The molecule has 1 aromatic rings. The average Bonchev–Trinajstić information content (AvgIpc) is 2.51. The number of carbonyl (C=O) groups is 2. The molecule has 0 radical (unpaired) electrons. The molecule has 0 bridgehead atoms. The van der Waals surface area contributed by atoms with Crippen LogP contribution < -0.4 is 5.32 Å². The Labute approximate surface area is 149 Å². The van der Waals surface area contributed by atoms with Crippen LogP contribution in [-0.4, -0.2) is 47.6 Å². The van der Waals surface area contributed by atoms with Gasteiger partial charge in [-0.15, -0.1) is 0 Å². The fourth-order valence-electron chi connectivity index (χ4n) is 2.11. The van der Waals surface area contributed by atoms with Gasteiger partial charge in [-0.2, -0.15) is 11.8 Å². The van der Waals surface area contributed by atoms with Gasteiger partial charge in [0.25, 0.3) is 0 Å². The Bertz CT molecular complexity index is 529. The predicted molar refractivity (Wildman–Crippen MR) is 99.2 cm³/mol. The monoisotopic (exact) mass is 352 g/mol. The number of ether oxygens (including phenoxy) is 1. The van der Waals surface area contributed by atoms with Gasteiger partial charge in [0.1, 0.15) is 11.6 Å². The average molecular weight is 353 g/mol. The van der Waals surface area contributed by atoms with Gasteiger partial charge in [-0.1, -0.05) is 37.3 Å². The van der Waals surface area contributed by atoms with E-state index in [0.29, 0.717) is 6.54 Å². The highest BCUT2D eigenvalue weighted by Crippen LogP contribution is 2.22. The Morgan fingerprint density at radius 1 is 1.25 bits per heavy atom. The summed E-state index contributed by atoms with van der Waals surface area (Å²) < 4.78 is 5.40. The van der Waals surface area contributed by atoms with Crippen LogP contribution >= 0.6 is 11.8 Å². The lowest BCUT2D eigenvalue weighted by atomic mass is 10.1. The second-order valence-corrected chi connectivity index (χ2v) is 7.79. The number of hydrogen-bond donors (Lipinski definition) is 1. The molecular formula is C18H28N2O3S. The van der Waals surface area contributed by atoms with E-state index in [4.69, 9.17) is 4.74 Å². The largest absolute Gasteiger partial charge is 0.444 e. The Hall–Kier alpha value is -1.69. The highest BCUT2D eigenvalue weighted by Gasteiger charge is 2.31. The van der Waals surface area contributed by atoms with E-state index in [0.717, 1.165) is 17.1 Å². The molecular weight excluding hydrogens is 324 g/mol. The summed E-state index contributed by atoms with van der Waals surface area (Å²) in [6.45, 7) is 8.06. The second-order valence-electron chi connectivity index (χ2n) is 6.39. The van der Waals surface area contributed by atoms with E-state index in [2.05, 4.69) is 12.2 Å². The molecule has 5 nitrogen and oxygen atoms in total. The molecule has 0 fully saturated rings. The first-order valence-electron chi connectivity index (χ1n) is 8.12. The maximum atomic E-state index is 12.6. The van der Waals surface area contributed by atoms with E-state index in [1.54, 1.807) is 39.6 Å². The van der Waals surface area contributed by atoms with Crippen LogP contribution in [0.3, 0.4) is 0 Å². The zero-order valence-electron chi connectivity index (χ0n) is 15.2. The van der Waals surface area contributed by atoms with Crippen LogP contribution in [0.2, 0.25) is 0 Å². The molecule has 24 heavy (non-hydrogen) atoms. The molecule has 2 amide bonds. The van der Waals surface area contributed by atoms with Crippen molar-refractivity contribution >= 4 is 23.8 Å². The van der Waals surface area contributed by atoms with Gasteiger partial charge in [0.05, 0.1) is 0 Å². The Kier molecular flexibility index (Phi) is 8.11. The third-order valence-electron chi connectivity index (χ3n) is 3.18. The van der Waals surface area contributed by atoms with E-state index in [9.17, 15) is 9.59 Å². The number of thioether (sulfide) groups is 1. The topological polar surface area (TPSA) is 58.6 Å². The van der Waals surface area contributed by atoms with Crippen molar-refractivity contribution in [2.45, 2.75) is 39.3 Å². The van der Waals surface area contributed by atoms with Gasteiger partial charge in [0, 0.05) is 19.3 Å². The summed E-state index contributed by atoms with van der Waals surface area (Å²) in [6, 6.07) is 8.55. The standard InChI is InChI=1S/C18H28N2O3S/c1-6-24-13-12-19-16(21)15(14-10-8-7-9-11-14)20(5)17(22)23-18(2,3)4/h7-11,15H,6,12-13H2,1-5H3,(H,19,21). The highest BCUT2D eigenvalue weighted by atomic mass is 32.2. The van der Waals surface area contributed by atoms with Crippen molar-refractivity contribution in [1.29, 1.82) is 0 Å². The molecule has 1 atom stereocenters. The maximum Gasteiger partial charge on any atom is 0.410 e. The molecule has 0 aliphatic heterocycles. The van der Waals surface area contributed by atoms with Gasteiger partial charge < -0.3 is 10.1 Å². The lowest BCUT2D eigenvalue weighted by molar-refractivity contribution is -0.126. The third kappa shape index (κ3) is 6.83. The van der Waals surface area contributed by atoms with E-state index >= 15 is 0 Å². The number of benzene rings is 1. The number of amides is 2. The predicted octanol–water partition coefficient (Wildman–Crippen LogP) is 3.46. The van der Waals surface area contributed by atoms with E-state index in [1.807, 2.05) is 30.3 Å². The number of rotatable bonds is 7. The van der Waals surface area contributed by atoms with Crippen molar-refractivity contribution < 1.29 is 14.3 Å². The molecule has 1 aromatic carbocycles. The van der Waals surface area contributed by atoms with Crippen LogP contribution in [-0.2, 0) is 9.53 Å². The maximum absolute atomic E-state index is 12.6. The summed E-state index contributed by atoms with van der Waals surface area (Å²) in [5, 5.41) is 2.91. The first-order valence-corrected chi connectivity index (χ1v) is 9.28. The molecule has 0 aromatic heterocycles. The van der Waals surface area contributed by atoms with Gasteiger partial charge >= 0.3 is 6.09 Å². The first kappa shape index (κ1) is 20.4. The normalized spacial score (nSPS) is 12.4. The molecule has 0 saturated heterocycles. The van der Waals surface area contributed by atoms with Crippen LogP contribution in [0.15, 0.2) is 30.3 Å². The molecule has 1 rings (SSSR count). The fourth-order valence-corrected chi connectivity index (χ4v) is 2.65. The summed E-state index contributed by atoms with van der Waals surface area (Å²) in [4.78, 5) is 26.4. The molecule has 0 aliphatic carbocycles. The quantitative estimate of drug-likeness (QED) is 0.764. The third-order valence-corrected chi connectivity index (χ3v) is 4.08. The second kappa shape index (κ2) is 9.57. The minimum atomic E-state index is -0.715. The molecule has 1 N–H and O–H groups in total. The zero-order chi connectivity index (χ0) is 18.2. The molecule has 0 aliphatic rings. The van der Waals surface area contributed by atoms with E-state index in [1.165, 1.54) is 4.90 Å². The Morgan fingerprint density at radius 2 is 1.88 bits per heavy atom. The molecule has 134 valence electrons. The SMILES string of the molecule is CCSCCNC(=O)C(c1ccccc1)N(C)C(=O)OC(C)(C)C. The van der Waals surface area contributed by atoms with E-state index < -0.39 is 17.7 Å². The van der Waals surface area contributed by atoms with Gasteiger partial charge in [0.15, 0.2) is 0 Å². The Morgan fingerprint density at radius 3 is 2.42 bits per heavy atom. The zero-order valence-corrected chi connectivity index (χ0v) is 16.0. The Balaban J connectivity index is 2.89. The van der Waals surface area contributed by atoms with Gasteiger partial charge in [-0.05, 0) is 32.1 Å².